The molecule has 2 aromatic rings. The van der Waals surface area contributed by atoms with Gasteiger partial charge in [-0.15, -0.1) is 0 Å². The molecule has 0 saturated carbocycles. The zero-order chi connectivity index (χ0) is 20.5. The average Bonchev–Trinajstić information content (AvgIpc) is 2.71. The highest BCUT2D eigenvalue weighted by atomic mass is 16.5. The Morgan fingerprint density at radius 1 is 1.04 bits per heavy atom. The zero-order valence-corrected chi connectivity index (χ0v) is 17.2. The summed E-state index contributed by atoms with van der Waals surface area (Å²) in [4.78, 5) is 27.2. The number of carbonyl (C=O) groups is 2. The number of nitrogens with zero attached hydrogens (tertiary/aromatic N) is 1. The molecule has 5 nitrogen and oxygen atoms in total. The third-order valence-corrected chi connectivity index (χ3v) is 4.70. The molecule has 1 atom stereocenters. The van der Waals surface area contributed by atoms with Crippen LogP contribution in [0.2, 0.25) is 0 Å². The number of benzene rings is 2. The predicted molar refractivity (Wildman–Crippen MR) is 111 cm³/mol. The average molecular weight is 383 g/mol. The van der Waals surface area contributed by atoms with Gasteiger partial charge in [-0.2, -0.15) is 0 Å². The second kappa shape index (κ2) is 10.5. The predicted octanol–water partition coefficient (Wildman–Crippen LogP) is 3.49. The summed E-state index contributed by atoms with van der Waals surface area (Å²) in [5.41, 5.74) is 3.04. The van der Waals surface area contributed by atoms with Gasteiger partial charge in [0.1, 0.15) is 11.8 Å². The molecule has 0 unspecified atom stereocenters. The summed E-state index contributed by atoms with van der Waals surface area (Å²) in [5.74, 6) is 0.557. The number of amides is 2. The number of hydrogen-bond acceptors (Lipinski definition) is 3. The lowest BCUT2D eigenvalue weighted by atomic mass is 10.1. The Balaban J connectivity index is 2.18. The monoisotopic (exact) mass is 382 g/mol. The number of methoxy groups -OCH3 is 1. The normalized spacial score (nSPS) is 11.6. The van der Waals surface area contributed by atoms with E-state index in [0.29, 0.717) is 13.1 Å². The maximum Gasteiger partial charge on any atom is 0.242 e. The van der Waals surface area contributed by atoms with E-state index in [-0.39, 0.29) is 18.2 Å². The molecule has 0 bridgehead atoms. The molecule has 0 fully saturated rings. The lowest BCUT2D eigenvalue weighted by molar-refractivity contribution is -0.140. The van der Waals surface area contributed by atoms with E-state index in [1.165, 1.54) is 0 Å². The third-order valence-electron chi connectivity index (χ3n) is 4.70. The van der Waals surface area contributed by atoms with Crippen molar-refractivity contribution in [2.75, 3.05) is 13.7 Å². The SMILES string of the molecule is CCCNC(=O)[C@@H](C)N(Cc1ccc(OC)cc1)C(=O)Cc1ccc(C)cc1. The number of carbonyl (C=O) groups excluding carboxylic acids is 2. The van der Waals surface area contributed by atoms with Crippen molar-refractivity contribution in [3.05, 3.63) is 65.2 Å². The van der Waals surface area contributed by atoms with Crippen LogP contribution in [0.25, 0.3) is 0 Å². The van der Waals surface area contributed by atoms with Crippen molar-refractivity contribution in [3.8, 4) is 5.75 Å². The Morgan fingerprint density at radius 2 is 1.64 bits per heavy atom. The van der Waals surface area contributed by atoms with Gasteiger partial charge in [-0.1, -0.05) is 48.9 Å². The van der Waals surface area contributed by atoms with E-state index >= 15 is 0 Å². The van der Waals surface area contributed by atoms with E-state index in [1.54, 1.807) is 18.9 Å². The van der Waals surface area contributed by atoms with Gasteiger partial charge < -0.3 is 15.0 Å². The maximum absolute atomic E-state index is 13.1. The van der Waals surface area contributed by atoms with Crippen LogP contribution in [0.4, 0.5) is 0 Å². The molecule has 0 saturated heterocycles. The summed E-state index contributed by atoms with van der Waals surface area (Å²) in [6, 6.07) is 14.9. The number of hydrogen-bond donors (Lipinski definition) is 1. The largest absolute Gasteiger partial charge is 0.497 e. The van der Waals surface area contributed by atoms with Crippen LogP contribution < -0.4 is 10.1 Å². The summed E-state index contributed by atoms with van der Waals surface area (Å²) in [7, 11) is 1.62. The smallest absolute Gasteiger partial charge is 0.242 e. The third kappa shape index (κ3) is 6.12. The van der Waals surface area contributed by atoms with Crippen LogP contribution in [-0.2, 0) is 22.6 Å². The van der Waals surface area contributed by atoms with E-state index in [1.807, 2.05) is 62.4 Å². The Bertz CT molecular complexity index is 769. The van der Waals surface area contributed by atoms with E-state index < -0.39 is 6.04 Å². The molecule has 2 aromatic carbocycles. The first-order valence-corrected chi connectivity index (χ1v) is 9.70. The molecule has 0 aliphatic heterocycles. The van der Waals surface area contributed by atoms with Gasteiger partial charge in [-0.3, -0.25) is 9.59 Å². The minimum Gasteiger partial charge on any atom is -0.497 e. The highest BCUT2D eigenvalue weighted by molar-refractivity contribution is 5.88. The van der Waals surface area contributed by atoms with E-state index in [0.717, 1.165) is 28.9 Å². The molecule has 5 heteroatoms. The minimum absolute atomic E-state index is 0.0705. The van der Waals surface area contributed by atoms with Crippen molar-refractivity contribution >= 4 is 11.8 Å². The first-order chi connectivity index (χ1) is 13.4. The van der Waals surface area contributed by atoms with E-state index in [4.69, 9.17) is 4.74 Å². The molecular weight excluding hydrogens is 352 g/mol. The summed E-state index contributed by atoms with van der Waals surface area (Å²) in [5, 5.41) is 2.89. The Morgan fingerprint density at radius 3 is 2.21 bits per heavy atom. The van der Waals surface area contributed by atoms with Gasteiger partial charge in [0.25, 0.3) is 0 Å². The van der Waals surface area contributed by atoms with Gasteiger partial charge in [0.15, 0.2) is 0 Å². The van der Waals surface area contributed by atoms with Crippen LogP contribution >= 0.6 is 0 Å². The van der Waals surface area contributed by atoms with Gasteiger partial charge >= 0.3 is 0 Å². The lowest BCUT2D eigenvalue weighted by Gasteiger charge is -2.29. The summed E-state index contributed by atoms with van der Waals surface area (Å²) >= 11 is 0. The molecule has 0 aliphatic carbocycles. The Kier molecular flexibility index (Phi) is 8.05. The van der Waals surface area contributed by atoms with E-state index in [9.17, 15) is 9.59 Å². The van der Waals surface area contributed by atoms with Crippen molar-refractivity contribution in [2.24, 2.45) is 0 Å². The lowest BCUT2D eigenvalue weighted by Crippen LogP contribution is -2.48. The molecule has 2 amide bonds. The highest BCUT2D eigenvalue weighted by Crippen LogP contribution is 2.16. The fourth-order valence-corrected chi connectivity index (χ4v) is 2.89. The van der Waals surface area contributed by atoms with Gasteiger partial charge in [-0.25, -0.2) is 0 Å². The van der Waals surface area contributed by atoms with Crippen molar-refractivity contribution in [1.29, 1.82) is 0 Å². The summed E-state index contributed by atoms with van der Waals surface area (Å²) in [6.45, 7) is 6.77. The van der Waals surface area contributed by atoms with Crippen LogP contribution in [-0.4, -0.2) is 36.4 Å². The highest BCUT2D eigenvalue weighted by Gasteiger charge is 2.26. The van der Waals surface area contributed by atoms with Gasteiger partial charge in [-0.05, 0) is 43.5 Å². The number of aryl methyl sites for hydroxylation is 1. The fourth-order valence-electron chi connectivity index (χ4n) is 2.89. The molecule has 150 valence electrons. The number of ether oxygens (including phenoxy) is 1. The Labute approximate surface area is 167 Å². The fraction of sp³-hybridized carbons (Fsp3) is 0.391. The van der Waals surface area contributed by atoms with Crippen molar-refractivity contribution < 1.29 is 14.3 Å². The van der Waals surface area contributed by atoms with Crippen LogP contribution in [0.1, 0.15) is 37.0 Å². The van der Waals surface area contributed by atoms with Gasteiger partial charge in [0, 0.05) is 13.1 Å². The summed E-state index contributed by atoms with van der Waals surface area (Å²) in [6.07, 6.45) is 1.12. The van der Waals surface area contributed by atoms with Crippen molar-refractivity contribution in [2.45, 2.75) is 46.2 Å². The molecule has 0 heterocycles. The zero-order valence-electron chi connectivity index (χ0n) is 17.2. The van der Waals surface area contributed by atoms with Crippen LogP contribution in [0.5, 0.6) is 5.75 Å². The topological polar surface area (TPSA) is 58.6 Å². The molecule has 0 spiro atoms. The standard InChI is InChI=1S/C23H30N2O3/c1-5-14-24-23(27)18(3)25(16-20-10-12-21(28-4)13-11-20)22(26)15-19-8-6-17(2)7-9-19/h6-13,18H,5,14-16H2,1-4H3,(H,24,27)/t18-/m1/s1. The second-order valence-corrected chi connectivity index (χ2v) is 7.00. The minimum atomic E-state index is -0.549. The molecule has 0 radical (unpaired) electrons. The molecular formula is C23H30N2O3. The van der Waals surface area contributed by atoms with Crippen LogP contribution in [0.3, 0.4) is 0 Å². The molecule has 28 heavy (non-hydrogen) atoms. The number of rotatable bonds is 9. The van der Waals surface area contributed by atoms with Crippen molar-refractivity contribution in [3.63, 3.8) is 0 Å². The Hall–Kier alpha value is -2.82. The molecule has 1 N–H and O–H groups in total. The first-order valence-electron chi connectivity index (χ1n) is 9.70. The molecule has 0 aliphatic rings. The quantitative estimate of drug-likeness (QED) is 0.722. The number of nitrogens with one attached hydrogen (secondary N) is 1. The van der Waals surface area contributed by atoms with Gasteiger partial charge in [0.2, 0.25) is 11.8 Å². The summed E-state index contributed by atoms with van der Waals surface area (Å²) < 4.78 is 5.20. The van der Waals surface area contributed by atoms with Crippen LogP contribution in [0.15, 0.2) is 48.5 Å². The second-order valence-electron chi connectivity index (χ2n) is 7.00. The molecule has 0 aromatic heterocycles. The molecule has 2 rings (SSSR count). The van der Waals surface area contributed by atoms with Gasteiger partial charge in [0.05, 0.1) is 13.5 Å². The first kappa shape index (κ1) is 21.5. The van der Waals surface area contributed by atoms with Crippen LogP contribution in [0, 0.1) is 6.92 Å². The van der Waals surface area contributed by atoms with E-state index in [2.05, 4.69) is 5.32 Å². The maximum atomic E-state index is 13.1. The van der Waals surface area contributed by atoms with Crippen molar-refractivity contribution in [1.82, 2.24) is 10.2 Å².